The molecule has 1 aromatic carbocycles. The molecule has 1 saturated heterocycles. The summed E-state index contributed by atoms with van der Waals surface area (Å²) >= 11 is 5.32. The van der Waals surface area contributed by atoms with Gasteiger partial charge in [-0.1, -0.05) is 22.9 Å². The highest BCUT2D eigenvalue weighted by atomic mass is 79.9. The molecule has 1 N–H and O–H groups in total. The summed E-state index contributed by atoms with van der Waals surface area (Å²) in [6.07, 6.45) is 1.15. The Balaban J connectivity index is 1.86. The van der Waals surface area contributed by atoms with Gasteiger partial charge in [-0.25, -0.2) is 4.79 Å². The van der Waals surface area contributed by atoms with Crippen LogP contribution >= 0.6 is 27.7 Å². The highest BCUT2D eigenvalue weighted by Gasteiger charge is 2.26. The quantitative estimate of drug-likeness (QED) is 0.830. The molecule has 5 heteroatoms. The number of amides is 1. The van der Waals surface area contributed by atoms with E-state index in [0.717, 1.165) is 17.3 Å². The molecule has 1 aliphatic heterocycles. The van der Waals surface area contributed by atoms with Gasteiger partial charge < -0.3 is 10.0 Å². The lowest BCUT2D eigenvalue weighted by Crippen LogP contribution is -2.39. The van der Waals surface area contributed by atoms with Crippen LogP contribution in [-0.2, 0) is 0 Å². The van der Waals surface area contributed by atoms with Crippen LogP contribution in [0.1, 0.15) is 19.8 Å². The number of piperidine rings is 1. The van der Waals surface area contributed by atoms with Crippen LogP contribution in [0.15, 0.2) is 33.6 Å². The van der Waals surface area contributed by atoms with Crippen molar-refractivity contribution in [3.05, 3.63) is 28.7 Å². The fourth-order valence-corrected chi connectivity index (χ4v) is 3.84. The Hall–Kier alpha value is -0.680. The number of hydrogen-bond acceptors (Lipinski definition) is 2. The second kappa shape index (κ2) is 6.66. The molecule has 1 unspecified atom stereocenters. The molecule has 1 aromatic rings. The topological polar surface area (TPSA) is 40.5 Å². The van der Waals surface area contributed by atoms with Crippen LogP contribution in [0.25, 0.3) is 0 Å². The van der Waals surface area contributed by atoms with Gasteiger partial charge in [-0.15, -0.1) is 11.8 Å². The van der Waals surface area contributed by atoms with E-state index in [1.54, 1.807) is 0 Å². The van der Waals surface area contributed by atoms with E-state index in [4.69, 9.17) is 5.11 Å². The maximum atomic E-state index is 10.9. The predicted octanol–water partition coefficient (Wildman–Crippen LogP) is 4.32. The summed E-state index contributed by atoms with van der Waals surface area (Å²) in [5, 5.41) is 9.47. The van der Waals surface area contributed by atoms with E-state index < -0.39 is 6.09 Å². The molecule has 1 amide bonds. The van der Waals surface area contributed by atoms with Gasteiger partial charge >= 0.3 is 6.09 Å². The number of likely N-dealkylation sites (tertiary alicyclic amines) is 1. The van der Waals surface area contributed by atoms with Gasteiger partial charge in [-0.3, -0.25) is 0 Å². The maximum absolute atomic E-state index is 10.9. The molecule has 3 nitrogen and oxygen atoms in total. The number of halogens is 1. The van der Waals surface area contributed by atoms with Gasteiger partial charge in [0.15, 0.2) is 0 Å². The van der Waals surface area contributed by atoms with Gasteiger partial charge in [-0.2, -0.15) is 0 Å². The lowest BCUT2D eigenvalue weighted by atomic mass is 9.94. The molecule has 0 bridgehead atoms. The summed E-state index contributed by atoms with van der Waals surface area (Å²) in [4.78, 5) is 13.7. The van der Waals surface area contributed by atoms with E-state index in [2.05, 4.69) is 47.1 Å². The number of nitrogens with zero attached hydrogens (tertiary/aromatic N) is 1. The Kier molecular flexibility index (Phi) is 5.16. The molecule has 0 aliphatic carbocycles. The number of carbonyl (C=O) groups is 1. The average Bonchev–Trinajstić information content (AvgIpc) is 2.41. The van der Waals surface area contributed by atoms with E-state index in [1.807, 2.05) is 11.8 Å². The van der Waals surface area contributed by atoms with Crippen molar-refractivity contribution in [2.45, 2.75) is 29.9 Å². The van der Waals surface area contributed by atoms with E-state index in [0.29, 0.717) is 24.3 Å². The Morgan fingerprint density at radius 3 is 2.47 bits per heavy atom. The monoisotopic (exact) mass is 343 g/mol. The van der Waals surface area contributed by atoms with E-state index >= 15 is 0 Å². The molecule has 1 fully saturated rings. The van der Waals surface area contributed by atoms with Crippen molar-refractivity contribution in [2.24, 2.45) is 5.92 Å². The summed E-state index contributed by atoms with van der Waals surface area (Å²) in [5.41, 5.74) is 0. The van der Waals surface area contributed by atoms with Crippen molar-refractivity contribution in [3.63, 3.8) is 0 Å². The number of carboxylic acid groups (broad SMARTS) is 1. The molecule has 0 aromatic heterocycles. The molecule has 0 saturated carbocycles. The Morgan fingerprint density at radius 2 is 1.95 bits per heavy atom. The molecule has 2 rings (SSSR count). The minimum atomic E-state index is -0.785. The third-order valence-corrected chi connectivity index (χ3v) is 5.44. The number of thioether (sulfide) groups is 1. The summed E-state index contributed by atoms with van der Waals surface area (Å²) in [6.45, 7) is 3.59. The van der Waals surface area contributed by atoms with Crippen molar-refractivity contribution in [3.8, 4) is 0 Å². The lowest BCUT2D eigenvalue weighted by Gasteiger charge is -2.33. The molecule has 1 heterocycles. The number of rotatable bonds is 3. The smallest absolute Gasteiger partial charge is 0.407 e. The van der Waals surface area contributed by atoms with Crippen molar-refractivity contribution in [1.29, 1.82) is 0 Å². The van der Waals surface area contributed by atoms with Crippen LogP contribution in [0, 0.1) is 5.92 Å². The molecule has 104 valence electrons. The SMILES string of the molecule is CC(Sc1ccc(Br)cc1)C1CCN(C(=O)O)CC1. The van der Waals surface area contributed by atoms with E-state index in [9.17, 15) is 4.79 Å². The molecule has 0 radical (unpaired) electrons. The van der Waals surface area contributed by atoms with E-state index in [1.165, 1.54) is 9.80 Å². The first kappa shape index (κ1) is 14.7. The maximum Gasteiger partial charge on any atom is 0.407 e. The zero-order chi connectivity index (χ0) is 13.8. The predicted molar refractivity (Wildman–Crippen MR) is 81.8 cm³/mol. The van der Waals surface area contributed by atoms with Gasteiger partial charge in [-0.05, 0) is 43.0 Å². The second-order valence-corrected chi connectivity index (χ2v) is 7.25. The summed E-state index contributed by atoms with van der Waals surface area (Å²) < 4.78 is 1.10. The van der Waals surface area contributed by atoms with Crippen molar-refractivity contribution < 1.29 is 9.90 Å². The van der Waals surface area contributed by atoms with E-state index in [-0.39, 0.29) is 0 Å². The molecule has 0 spiro atoms. The molecule has 1 aliphatic rings. The Morgan fingerprint density at radius 1 is 1.37 bits per heavy atom. The molecule has 1 atom stereocenters. The van der Waals surface area contributed by atoms with Gasteiger partial charge in [0.05, 0.1) is 0 Å². The first-order chi connectivity index (χ1) is 9.06. The van der Waals surface area contributed by atoms with Crippen LogP contribution in [0.2, 0.25) is 0 Å². The molecular weight excluding hydrogens is 326 g/mol. The van der Waals surface area contributed by atoms with Crippen molar-refractivity contribution in [1.82, 2.24) is 4.90 Å². The fraction of sp³-hybridized carbons (Fsp3) is 0.500. The first-order valence-electron chi connectivity index (χ1n) is 6.46. The normalized spacial score (nSPS) is 18.3. The van der Waals surface area contributed by atoms with Crippen LogP contribution in [-0.4, -0.2) is 34.4 Å². The Labute approximate surface area is 126 Å². The van der Waals surface area contributed by atoms with Crippen LogP contribution in [0.3, 0.4) is 0 Å². The number of benzene rings is 1. The largest absolute Gasteiger partial charge is 0.465 e. The third kappa shape index (κ3) is 4.14. The molecule has 19 heavy (non-hydrogen) atoms. The minimum absolute atomic E-state index is 0.525. The summed E-state index contributed by atoms with van der Waals surface area (Å²) in [5.74, 6) is 0.601. The van der Waals surface area contributed by atoms with Crippen molar-refractivity contribution in [2.75, 3.05) is 13.1 Å². The number of hydrogen-bond donors (Lipinski definition) is 1. The zero-order valence-electron chi connectivity index (χ0n) is 10.9. The highest BCUT2D eigenvalue weighted by molar-refractivity contribution is 9.10. The van der Waals surface area contributed by atoms with Gasteiger partial charge in [0, 0.05) is 27.7 Å². The summed E-state index contributed by atoms with van der Waals surface area (Å²) in [6, 6.07) is 8.36. The van der Waals surface area contributed by atoms with Crippen LogP contribution in [0.4, 0.5) is 4.79 Å². The molecular formula is C14H18BrNO2S. The lowest BCUT2D eigenvalue weighted by molar-refractivity contribution is 0.124. The Bertz CT molecular complexity index is 430. The highest BCUT2D eigenvalue weighted by Crippen LogP contribution is 2.33. The average molecular weight is 344 g/mol. The zero-order valence-corrected chi connectivity index (χ0v) is 13.3. The van der Waals surface area contributed by atoms with Crippen molar-refractivity contribution >= 4 is 33.8 Å². The second-order valence-electron chi connectivity index (χ2n) is 4.88. The van der Waals surface area contributed by atoms with Gasteiger partial charge in [0.1, 0.15) is 0 Å². The summed E-state index contributed by atoms with van der Waals surface area (Å²) in [7, 11) is 0. The minimum Gasteiger partial charge on any atom is -0.465 e. The van der Waals surface area contributed by atoms with Crippen LogP contribution in [0.5, 0.6) is 0 Å². The standard InChI is InChI=1S/C14H18BrNO2S/c1-10(19-13-4-2-12(15)3-5-13)11-6-8-16(9-7-11)14(17)18/h2-5,10-11H,6-9H2,1H3,(H,17,18). The fourth-order valence-electron chi connectivity index (χ4n) is 2.38. The third-order valence-electron chi connectivity index (χ3n) is 3.61. The first-order valence-corrected chi connectivity index (χ1v) is 8.13. The van der Waals surface area contributed by atoms with Crippen LogP contribution < -0.4 is 0 Å². The van der Waals surface area contributed by atoms with Gasteiger partial charge in [0.2, 0.25) is 0 Å². The van der Waals surface area contributed by atoms with Gasteiger partial charge in [0.25, 0.3) is 0 Å².